The summed E-state index contributed by atoms with van der Waals surface area (Å²) in [5.41, 5.74) is 1.67. The molecule has 1 atom stereocenters. The molecule has 0 fully saturated rings. The van der Waals surface area contributed by atoms with Crippen LogP contribution in [0.1, 0.15) is 25.3 Å². The first-order valence-corrected chi connectivity index (χ1v) is 5.82. The van der Waals surface area contributed by atoms with Gasteiger partial charge in [-0.1, -0.05) is 17.7 Å². The summed E-state index contributed by atoms with van der Waals surface area (Å²) < 4.78 is 0. The van der Waals surface area contributed by atoms with Crippen LogP contribution in [0.4, 0.5) is 5.69 Å². The Labute approximate surface area is 101 Å². The summed E-state index contributed by atoms with van der Waals surface area (Å²) in [7, 11) is 0. The molecule has 1 aromatic rings. The Kier molecular flexibility index (Phi) is 5.60. The highest BCUT2D eigenvalue weighted by Crippen LogP contribution is 2.24. The maximum absolute atomic E-state index is 9.02. The van der Waals surface area contributed by atoms with Crippen LogP contribution in [-0.4, -0.2) is 22.9 Å². The molecule has 0 saturated heterocycles. The minimum Gasteiger partial charge on any atom is -0.396 e. The second kappa shape index (κ2) is 6.74. The Morgan fingerprint density at radius 3 is 2.75 bits per heavy atom. The largest absolute Gasteiger partial charge is 0.396 e. The van der Waals surface area contributed by atoms with E-state index < -0.39 is 0 Å². The summed E-state index contributed by atoms with van der Waals surface area (Å²) in [5.74, 6) is 0. The Hall–Kier alpha value is -0.770. The molecule has 3 N–H and O–H groups in total. The Morgan fingerprint density at radius 2 is 2.12 bits per heavy atom. The molecule has 0 radical (unpaired) electrons. The van der Waals surface area contributed by atoms with Crippen LogP contribution in [0.25, 0.3) is 0 Å². The van der Waals surface area contributed by atoms with Gasteiger partial charge >= 0.3 is 0 Å². The van der Waals surface area contributed by atoms with Gasteiger partial charge in [-0.05, 0) is 37.5 Å². The predicted octanol–water partition coefficient (Wildman–Crippen LogP) is 2.41. The van der Waals surface area contributed by atoms with E-state index in [1.54, 1.807) is 12.1 Å². The highest BCUT2D eigenvalue weighted by molar-refractivity contribution is 6.33. The van der Waals surface area contributed by atoms with Crippen molar-refractivity contribution in [2.24, 2.45) is 0 Å². The molecule has 0 aliphatic rings. The van der Waals surface area contributed by atoms with E-state index in [0.717, 1.165) is 24.1 Å². The average Bonchev–Trinajstić information content (AvgIpc) is 2.29. The van der Waals surface area contributed by atoms with Gasteiger partial charge in [0.2, 0.25) is 0 Å². The quantitative estimate of drug-likeness (QED) is 0.719. The number of halogens is 1. The van der Waals surface area contributed by atoms with Crippen molar-refractivity contribution in [1.29, 1.82) is 0 Å². The number of hydrogen-bond acceptors (Lipinski definition) is 3. The molecule has 1 unspecified atom stereocenters. The summed E-state index contributed by atoms with van der Waals surface area (Å²) in [4.78, 5) is 0. The minimum atomic E-state index is 0.0108. The molecule has 4 heteroatoms. The summed E-state index contributed by atoms with van der Waals surface area (Å²) in [6.07, 6.45) is 1.65. The molecule has 0 aromatic heterocycles. The van der Waals surface area contributed by atoms with E-state index in [4.69, 9.17) is 21.8 Å². The number of anilines is 1. The van der Waals surface area contributed by atoms with Gasteiger partial charge in [0.25, 0.3) is 0 Å². The lowest BCUT2D eigenvalue weighted by molar-refractivity contribution is 0.281. The number of nitrogens with one attached hydrogen (secondary N) is 1. The van der Waals surface area contributed by atoms with Crippen molar-refractivity contribution in [3.8, 4) is 0 Å². The van der Waals surface area contributed by atoms with Crippen LogP contribution in [0.3, 0.4) is 0 Å². The van der Waals surface area contributed by atoms with Gasteiger partial charge < -0.3 is 15.5 Å². The van der Waals surface area contributed by atoms with Crippen molar-refractivity contribution >= 4 is 17.3 Å². The average molecular weight is 244 g/mol. The first-order valence-electron chi connectivity index (χ1n) is 5.44. The monoisotopic (exact) mass is 243 g/mol. The Bertz CT molecular complexity index is 331. The van der Waals surface area contributed by atoms with Crippen molar-refractivity contribution in [2.45, 2.75) is 32.4 Å². The van der Waals surface area contributed by atoms with E-state index in [2.05, 4.69) is 5.32 Å². The zero-order chi connectivity index (χ0) is 12.0. The lowest BCUT2D eigenvalue weighted by atomic mass is 10.1. The van der Waals surface area contributed by atoms with Gasteiger partial charge in [-0.15, -0.1) is 0 Å². The highest BCUT2D eigenvalue weighted by atomic mass is 35.5. The Balaban J connectivity index is 2.64. The van der Waals surface area contributed by atoms with Gasteiger partial charge in [0.05, 0.1) is 17.3 Å². The van der Waals surface area contributed by atoms with Gasteiger partial charge in [-0.3, -0.25) is 0 Å². The number of hydrogen-bond donors (Lipinski definition) is 3. The van der Waals surface area contributed by atoms with Crippen LogP contribution < -0.4 is 5.32 Å². The molecule has 1 aromatic carbocycles. The normalized spacial score (nSPS) is 12.5. The van der Waals surface area contributed by atoms with Gasteiger partial charge in [0, 0.05) is 12.6 Å². The smallest absolute Gasteiger partial charge is 0.0682 e. The lowest BCUT2D eigenvalue weighted by Gasteiger charge is -2.16. The van der Waals surface area contributed by atoms with E-state index in [1.807, 2.05) is 13.0 Å². The number of rotatable bonds is 6. The molecule has 0 amide bonds. The first-order chi connectivity index (χ1) is 7.67. The van der Waals surface area contributed by atoms with E-state index in [9.17, 15) is 0 Å². The zero-order valence-corrected chi connectivity index (χ0v) is 10.2. The molecule has 3 nitrogen and oxygen atoms in total. The standard InChI is InChI=1S/C12H18ClNO2/c1-9(3-2-6-15)14-12-7-10(8-16)4-5-11(12)13/h4-5,7,9,14-16H,2-3,6,8H2,1H3. The fourth-order valence-electron chi connectivity index (χ4n) is 1.52. The van der Waals surface area contributed by atoms with E-state index in [1.165, 1.54) is 0 Å². The maximum Gasteiger partial charge on any atom is 0.0682 e. The number of aliphatic hydroxyl groups is 2. The molecule has 16 heavy (non-hydrogen) atoms. The third-order valence-corrected chi connectivity index (χ3v) is 2.74. The summed E-state index contributed by atoms with van der Waals surface area (Å²) in [6, 6.07) is 5.66. The Morgan fingerprint density at radius 1 is 1.38 bits per heavy atom. The topological polar surface area (TPSA) is 52.5 Å². The third kappa shape index (κ3) is 4.00. The molecule has 0 aliphatic heterocycles. The van der Waals surface area contributed by atoms with Gasteiger partial charge in [-0.2, -0.15) is 0 Å². The van der Waals surface area contributed by atoms with E-state index in [-0.39, 0.29) is 19.3 Å². The predicted molar refractivity (Wildman–Crippen MR) is 66.8 cm³/mol. The van der Waals surface area contributed by atoms with Crippen molar-refractivity contribution in [2.75, 3.05) is 11.9 Å². The van der Waals surface area contributed by atoms with Crippen molar-refractivity contribution in [3.63, 3.8) is 0 Å². The van der Waals surface area contributed by atoms with E-state index in [0.29, 0.717) is 5.02 Å². The van der Waals surface area contributed by atoms with Crippen molar-refractivity contribution < 1.29 is 10.2 Å². The second-order valence-corrected chi connectivity index (χ2v) is 4.29. The molecular weight excluding hydrogens is 226 g/mol. The summed E-state index contributed by atoms with van der Waals surface area (Å²) in [5, 5.41) is 21.7. The zero-order valence-electron chi connectivity index (χ0n) is 9.41. The molecule has 0 spiro atoms. The number of benzene rings is 1. The van der Waals surface area contributed by atoms with Crippen LogP contribution in [0.5, 0.6) is 0 Å². The third-order valence-electron chi connectivity index (χ3n) is 2.41. The SMILES string of the molecule is CC(CCCO)Nc1cc(CO)ccc1Cl. The molecule has 0 aliphatic carbocycles. The van der Waals surface area contributed by atoms with Crippen LogP contribution in [0, 0.1) is 0 Å². The van der Waals surface area contributed by atoms with Gasteiger partial charge in [0.1, 0.15) is 0 Å². The minimum absolute atomic E-state index is 0.0108. The molecule has 0 bridgehead atoms. The van der Waals surface area contributed by atoms with Crippen LogP contribution in [0.15, 0.2) is 18.2 Å². The molecule has 0 heterocycles. The summed E-state index contributed by atoms with van der Waals surface area (Å²) in [6.45, 7) is 2.25. The van der Waals surface area contributed by atoms with Crippen LogP contribution >= 0.6 is 11.6 Å². The first kappa shape index (κ1) is 13.3. The molecule has 0 saturated carbocycles. The molecule has 1 rings (SSSR count). The molecule has 90 valence electrons. The highest BCUT2D eigenvalue weighted by Gasteiger charge is 2.06. The molecular formula is C12H18ClNO2. The van der Waals surface area contributed by atoms with Crippen LogP contribution in [0.2, 0.25) is 5.02 Å². The maximum atomic E-state index is 9.02. The lowest BCUT2D eigenvalue weighted by Crippen LogP contribution is -2.15. The number of aliphatic hydroxyl groups excluding tert-OH is 2. The van der Waals surface area contributed by atoms with Crippen molar-refractivity contribution in [1.82, 2.24) is 0 Å². The van der Waals surface area contributed by atoms with Crippen molar-refractivity contribution in [3.05, 3.63) is 28.8 Å². The fraction of sp³-hybridized carbons (Fsp3) is 0.500. The van der Waals surface area contributed by atoms with E-state index >= 15 is 0 Å². The van der Waals surface area contributed by atoms with Crippen LogP contribution in [-0.2, 0) is 6.61 Å². The van der Waals surface area contributed by atoms with Gasteiger partial charge in [0.15, 0.2) is 0 Å². The van der Waals surface area contributed by atoms with Gasteiger partial charge in [-0.25, -0.2) is 0 Å². The fourth-order valence-corrected chi connectivity index (χ4v) is 1.69. The second-order valence-electron chi connectivity index (χ2n) is 3.88. The summed E-state index contributed by atoms with van der Waals surface area (Å²) >= 11 is 6.04.